The molecule has 0 bridgehead atoms. The van der Waals surface area contributed by atoms with Gasteiger partial charge in [-0.2, -0.15) is 4.98 Å². The molecule has 0 spiro atoms. The van der Waals surface area contributed by atoms with E-state index in [9.17, 15) is 0 Å². The molecule has 1 unspecified atom stereocenters. The number of anilines is 2. The number of hydrogen-bond donors (Lipinski definition) is 0. The third kappa shape index (κ3) is 2.37. The predicted octanol–water partition coefficient (Wildman–Crippen LogP) is 4.23. The highest BCUT2D eigenvalue weighted by molar-refractivity contribution is 14.1. The van der Waals surface area contributed by atoms with Crippen molar-refractivity contribution in [2.45, 2.75) is 26.3 Å². The molecule has 1 aliphatic rings. The fourth-order valence-electron chi connectivity index (χ4n) is 3.13. The molecule has 0 fully saturated rings. The zero-order valence-electron chi connectivity index (χ0n) is 13.1. The van der Waals surface area contributed by atoms with E-state index in [1.165, 1.54) is 0 Å². The molecule has 0 aliphatic carbocycles. The highest BCUT2D eigenvalue weighted by Crippen LogP contribution is 2.43. The quantitative estimate of drug-likeness (QED) is 0.430. The van der Waals surface area contributed by atoms with E-state index in [2.05, 4.69) is 72.8 Å². The molecular formula is C16H14ClIN6. The lowest BCUT2D eigenvalue weighted by Crippen LogP contribution is -2.32. The summed E-state index contributed by atoms with van der Waals surface area (Å²) in [5, 5.41) is 8.90. The van der Waals surface area contributed by atoms with Crippen LogP contribution in [0.4, 0.5) is 11.5 Å². The second-order valence-electron chi connectivity index (χ2n) is 5.56. The summed E-state index contributed by atoms with van der Waals surface area (Å²) < 4.78 is 3.18. The van der Waals surface area contributed by atoms with Crippen molar-refractivity contribution in [2.75, 3.05) is 4.90 Å². The number of rotatable bonds is 2. The van der Waals surface area contributed by atoms with E-state index in [4.69, 9.17) is 11.6 Å². The number of aryl methyl sites for hydroxylation is 1. The Labute approximate surface area is 158 Å². The van der Waals surface area contributed by atoms with Gasteiger partial charge in [-0.25, -0.2) is 4.98 Å². The van der Waals surface area contributed by atoms with Crippen molar-refractivity contribution in [2.24, 2.45) is 0 Å². The third-order valence-electron chi connectivity index (χ3n) is 4.12. The van der Waals surface area contributed by atoms with Gasteiger partial charge in [0.05, 0.1) is 12.2 Å². The van der Waals surface area contributed by atoms with Crippen molar-refractivity contribution < 1.29 is 0 Å². The van der Waals surface area contributed by atoms with Gasteiger partial charge in [0.1, 0.15) is 11.5 Å². The molecule has 6 nitrogen and oxygen atoms in total. The van der Waals surface area contributed by atoms with Crippen LogP contribution in [-0.2, 0) is 0 Å². The van der Waals surface area contributed by atoms with Crippen LogP contribution in [0.3, 0.4) is 0 Å². The first-order valence-corrected chi connectivity index (χ1v) is 9.05. The van der Waals surface area contributed by atoms with Gasteiger partial charge in [-0.15, -0.1) is 10.2 Å². The molecule has 0 amide bonds. The monoisotopic (exact) mass is 452 g/mol. The zero-order chi connectivity index (χ0) is 16.8. The number of halogens is 2. The summed E-state index contributed by atoms with van der Waals surface area (Å²) in [4.78, 5) is 10.9. The summed E-state index contributed by atoms with van der Waals surface area (Å²) in [5.74, 6) is 2.49. The number of benzene rings is 1. The first-order chi connectivity index (χ1) is 11.6. The molecule has 1 atom stereocenters. The highest BCUT2D eigenvalue weighted by Gasteiger charge is 2.35. The van der Waals surface area contributed by atoms with E-state index in [1.54, 1.807) is 6.20 Å². The van der Waals surface area contributed by atoms with Gasteiger partial charge in [-0.1, -0.05) is 13.0 Å². The molecule has 8 heteroatoms. The van der Waals surface area contributed by atoms with Crippen molar-refractivity contribution in [3.63, 3.8) is 0 Å². The SMILES string of the molecule is CCC1c2nnc(C)n2-c2cnc(Cl)nc2N1c1cccc(I)c1. The maximum Gasteiger partial charge on any atom is 0.224 e. The normalized spacial score (nSPS) is 16.0. The van der Waals surface area contributed by atoms with E-state index < -0.39 is 0 Å². The molecule has 0 saturated heterocycles. The molecule has 4 rings (SSSR count). The second kappa shape index (κ2) is 5.96. The van der Waals surface area contributed by atoms with Crippen LogP contribution in [0.5, 0.6) is 0 Å². The van der Waals surface area contributed by atoms with Crippen LogP contribution in [0.2, 0.25) is 5.28 Å². The lowest BCUT2D eigenvalue weighted by Gasteiger charge is -2.37. The van der Waals surface area contributed by atoms with Crippen molar-refractivity contribution in [1.82, 2.24) is 24.7 Å². The number of aromatic nitrogens is 5. The van der Waals surface area contributed by atoms with Crippen molar-refractivity contribution in [1.29, 1.82) is 0 Å². The molecule has 0 saturated carbocycles. The summed E-state index contributed by atoms with van der Waals surface area (Å²) in [7, 11) is 0. The van der Waals surface area contributed by atoms with Gasteiger partial charge >= 0.3 is 0 Å². The summed E-state index contributed by atoms with van der Waals surface area (Å²) in [6, 6.07) is 8.33. The van der Waals surface area contributed by atoms with Crippen molar-refractivity contribution in [3.8, 4) is 5.69 Å². The van der Waals surface area contributed by atoms with Crippen LogP contribution in [0.15, 0.2) is 30.5 Å². The number of hydrogen-bond acceptors (Lipinski definition) is 5. The Morgan fingerprint density at radius 2 is 2.12 bits per heavy atom. The van der Waals surface area contributed by atoms with Crippen LogP contribution in [0.1, 0.15) is 31.0 Å². The number of fused-ring (bicyclic) bond motifs is 3. The Kier molecular flexibility index (Phi) is 3.92. The standard InChI is InChI=1S/C16H14ClIN6/c1-3-12-15-22-21-9(2)23(15)13-8-19-16(17)20-14(13)24(12)11-6-4-5-10(18)7-11/h4-8,12H,3H2,1-2H3. The Balaban J connectivity index is 2.02. The summed E-state index contributed by atoms with van der Waals surface area (Å²) in [6.07, 6.45) is 2.60. The summed E-state index contributed by atoms with van der Waals surface area (Å²) in [6.45, 7) is 4.07. The smallest absolute Gasteiger partial charge is 0.224 e. The minimum absolute atomic E-state index is 0.0304. The Morgan fingerprint density at radius 1 is 1.29 bits per heavy atom. The van der Waals surface area contributed by atoms with Gasteiger partial charge in [0, 0.05) is 9.26 Å². The molecule has 3 heterocycles. The molecular weight excluding hydrogens is 439 g/mol. The summed E-state index contributed by atoms with van der Waals surface area (Å²) >= 11 is 8.41. The second-order valence-corrected chi connectivity index (χ2v) is 7.15. The van der Waals surface area contributed by atoms with Gasteiger partial charge in [0.15, 0.2) is 11.6 Å². The average Bonchev–Trinajstić information content (AvgIpc) is 2.95. The fraction of sp³-hybridized carbons (Fsp3) is 0.250. The van der Waals surface area contributed by atoms with Crippen LogP contribution in [-0.4, -0.2) is 24.7 Å². The van der Waals surface area contributed by atoms with E-state index in [0.717, 1.165) is 38.8 Å². The molecule has 122 valence electrons. The molecule has 2 aromatic heterocycles. The minimum Gasteiger partial charge on any atom is -0.314 e. The maximum absolute atomic E-state index is 6.10. The zero-order valence-corrected chi connectivity index (χ0v) is 16.0. The van der Waals surface area contributed by atoms with Gasteiger partial charge in [0.25, 0.3) is 0 Å². The molecule has 1 aromatic carbocycles. The van der Waals surface area contributed by atoms with Crippen LogP contribution < -0.4 is 4.90 Å². The van der Waals surface area contributed by atoms with Crippen LogP contribution >= 0.6 is 34.2 Å². The molecule has 0 radical (unpaired) electrons. The largest absolute Gasteiger partial charge is 0.314 e. The Morgan fingerprint density at radius 3 is 2.88 bits per heavy atom. The predicted molar refractivity (Wildman–Crippen MR) is 101 cm³/mol. The van der Waals surface area contributed by atoms with Crippen LogP contribution in [0, 0.1) is 10.5 Å². The average molecular weight is 453 g/mol. The fourth-order valence-corrected chi connectivity index (χ4v) is 3.78. The maximum atomic E-state index is 6.10. The number of nitrogens with zero attached hydrogens (tertiary/aromatic N) is 6. The topological polar surface area (TPSA) is 59.7 Å². The highest BCUT2D eigenvalue weighted by atomic mass is 127. The first-order valence-electron chi connectivity index (χ1n) is 7.59. The minimum atomic E-state index is 0.0304. The lowest BCUT2D eigenvalue weighted by atomic mass is 10.1. The van der Waals surface area contributed by atoms with E-state index >= 15 is 0 Å². The molecule has 3 aromatic rings. The van der Waals surface area contributed by atoms with Crippen molar-refractivity contribution in [3.05, 3.63) is 51.0 Å². The molecule has 24 heavy (non-hydrogen) atoms. The molecule has 0 N–H and O–H groups in total. The molecule has 1 aliphatic heterocycles. The van der Waals surface area contributed by atoms with Gasteiger partial charge in [-0.05, 0) is 65.7 Å². The van der Waals surface area contributed by atoms with Crippen LogP contribution in [0.25, 0.3) is 5.69 Å². The van der Waals surface area contributed by atoms with E-state index in [0.29, 0.717) is 0 Å². The van der Waals surface area contributed by atoms with E-state index in [-0.39, 0.29) is 11.3 Å². The van der Waals surface area contributed by atoms with Crippen molar-refractivity contribution >= 4 is 45.7 Å². The Bertz CT molecular complexity index is 925. The van der Waals surface area contributed by atoms with E-state index in [1.807, 2.05) is 17.6 Å². The third-order valence-corrected chi connectivity index (χ3v) is 4.98. The van der Waals surface area contributed by atoms with Gasteiger partial charge in [-0.3, -0.25) is 4.57 Å². The first kappa shape index (κ1) is 15.8. The van der Waals surface area contributed by atoms with Gasteiger partial charge in [0.2, 0.25) is 5.28 Å². The Hall–Kier alpha value is -1.74. The lowest BCUT2D eigenvalue weighted by molar-refractivity contribution is 0.587. The summed E-state index contributed by atoms with van der Waals surface area (Å²) in [5.41, 5.74) is 1.90. The van der Waals surface area contributed by atoms with Gasteiger partial charge < -0.3 is 4.90 Å².